The van der Waals surface area contributed by atoms with Gasteiger partial charge in [-0.3, -0.25) is 19.3 Å². The standard InChI is InChI=1S/C20H25N3O5/c1-2-13-7-9-20(10-8-13)18(26)23(19(27)22-20)11-16(24)28-12-14-3-5-15(6-4-14)17(21)25/h3-6,13H,2,7-12H2,1H3,(H2,21,25)(H,22,27). The fourth-order valence-electron chi connectivity index (χ4n) is 3.84. The zero-order valence-corrected chi connectivity index (χ0v) is 15.9. The van der Waals surface area contributed by atoms with Gasteiger partial charge in [-0.2, -0.15) is 0 Å². The Bertz CT molecular complexity index is 782. The highest BCUT2D eigenvalue weighted by atomic mass is 16.5. The van der Waals surface area contributed by atoms with Gasteiger partial charge in [0.1, 0.15) is 18.7 Å². The van der Waals surface area contributed by atoms with E-state index in [1.165, 1.54) is 0 Å². The molecule has 1 aliphatic carbocycles. The van der Waals surface area contributed by atoms with Gasteiger partial charge in [-0.05, 0) is 49.3 Å². The molecule has 0 radical (unpaired) electrons. The average Bonchev–Trinajstić information content (AvgIpc) is 2.91. The molecule has 3 rings (SSSR count). The average molecular weight is 387 g/mol. The Morgan fingerprint density at radius 3 is 2.43 bits per heavy atom. The molecule has 4 amide bonds. The van der Waals surface area contributed by atoms with Crippen molar-refractivity contribution in [3.05, 3.63) is 35.4 Å². The van der Waals surface area contributed by atoms with Crippen LogP contribution in [0.3, 0.4) is 0 Å². The Balaban J connectivity index is 1.54. The zero-order chi connectivity index (χ0) is 20.3. The van der Waals surface area contributed by atoms with Crippen LogP contribution in [0.2, 0.25) is 0 Å². The highest BCUT2D eigenvalue weighted by molar-refractivity contribution is 6.08. The number of nitrogens with one attached hydrogen (secondary N) is 1. The summed E-state index contributed by atoms with van der Waals surface area (Å²) < 4.78 is 5.17. The number of nitrogens with two attached hydrogens (primary N) is 1. The van der Waals surface area contributed by atoms with Gasteiger partial charge in [0, 0.05) is 5.56 Å². The lowest BCUT2D eigenvalue weighted by molar-refractivity contribution is -0.149. The molecule has 0 atom stereocenters. The summed E-state index contributed by atoms with van der Waals surface area (Å²) in [7, 11) is 0. The van der Waals surface area contributed by atoms with E-state index in [2.05, 4.69) is 12.2 Å². The number of hydrogen-bond donors (Lipinski definition) is 2. The zero-order valence-electron chi connectivity index (χ0n) is 15.9. The third-order valence-electron chi connectivity index (χ3n) is 5.71. The maximum absolute atomic E-state index is 12.8. The highest BCUT2D eigenvalue weighted by Gasteiger charge is 2.52. The van der Waals surface area contributed by atoms with E-state index in [-0.39, 0.29) is 12.5 Å². The Labute approximate surface area is 163 Å². The highest BCUT2D eigenvalue weighted by Crippen LogP contribution is 2.37. The van der Waals surface area contributed by atoms with Gasteiger partial charge in [-0.25, -0.2) is 4.79 Å². The van der Waals surface area contributed by atoms with Crippen molar-refractivity contribution in [1.82, 2.24) is 10.2 Å². The Kier molecular flexibility index (Phi) is 5.67. The van der Waals surface area contributed by atoms with Crippen molar-refractivity contribution < 1.29 is 23.9 Å². The van der Waals surface area contributed by atoms with Crippen LogP contribution < -0.4 is 11.1 Å². The van der Waals surface area contributed by atoms with E-state index in [9.17, 15) is 19.2 Å². The number of urea groups is 1. The molecule has 1 spiro atoms. The first-order chi connectivity index (χ1) is 13.3. The number of imide groups is 1. The molecule has 0 aromatic heterocycles. The fourth-order valence-corrected chi connectivity index (χ4v) is 3.84. The topological polar surface area (TPSA) is 119 Å². The van der Waals surface area contributed by atoms with Crippen LogP contribution in [0, 0.1) is 5.92 Å². The first-order valence-corrected chi connectivity index (χ1v) is 9.53. The minimum atomic E-state index is -0.867. The molecule has 1 aromatic rings. The van der Waals surface area contributed by atoms with Crippen molar-refractivity contribution >= 4 is 23.8 Å². The van der Waals surface area contributed by atoms with Crippen molar-refractivity contribution in [2.75, 3.05) is 6.54 Å². The number of amides is 4. The normalized spacial score (nSPS) is 24.3. The van der Waals surface area contributed by atoms with Gasteiger partial charge >= 0.3 is 12.0 Å². The maximum atomic E-state index is 12.8. The van der Waals surface area contributed by atoms with Gasteiger partial charge in [0.05, 0.1) is 0 Å². The first kappa shape index (κ1) is 19.9. The lowest BCUT2D eigenvalue weighted by Gasteiger charge is -2.34. The number of ether oxygens (including phenoxy) is 1. The summed E-state index contributed by atoms with van der Waals surface area (Å²) in [4.78, 5) is 49.2. The number of esters is 1. The molecule has 8 heteroatoms. The van der Waals surface area contributed by atoms with Crippen LogP contribution in [-0.2, 0) is 20.9 Å². The minimum Gasteiger partial charge on any atom is -0.459 e. The van der Waals surface area contributed by atoms with Gasteiger partial charge in [-0.1, -0.05) is 25.5 Å². The lowest BCUT2D eigenvalue weighted by atomic mass is 9.75. The molecule has 1 aromatic carbocycles. The Morgan fingerprint density at radius 2 is 1.86 bits per heavy atom. The molecule has 150 valence electrons. The van der Waals surface area contributed by atoms with Crippen molar-refractivity contribution in [2.24, 2.45) is 11.7 Å². The second-order valence-electron chi connectivity index (χ2n) is 7.48. The number of benzene rings is 1. The number of hydrogen-bond acceptors (Lipinski definition) is 5. The summed E-state index contributed by atoms with van der Waals surface area (Å²) in [6.07, 6.45) is 4.06. The van der Waals surface area contributed by atoms with Gasteiger partial charge in [0.2, 0.25) is 5.91 Å². The Hall–Kier alpha value is -2.90. The number of rotatable bonds is 6. The van der Waals surface area contributed by atoms with Crippen LogP contribution in [-0.4, -0.2) is 40.8 Å². The molecule has 1 saturated heterocycles. The van der Waals surface area contributed by atoms with Crippen LogP contribution in [0.15, 0.2) is 24.3 Å². The third-order valence-corrected chi connectivity index (χ3v) is 5.71. The Morgan fingerprint density at radius 1 is 1.21 bits per heavy atom. The van der Waals surface area contributed by atoms with E-state index in [4.69, 9.17) is 10.5 Å². The predicted octanol–water partition coefficient (Wildman–Crippen LogP) is 1.72. The van der Waals surface area contributed by atoms with E-state index in [0.717, 1.165) is 24.2 Å². The molecule has 2 aliphatic rings. The van der Waals surface area contributed by atoms with Crippen LogP contribution in [0.5, 0.6) is 0 Å². The largest absolute Gasteiger partial charge is 0.459 e. The first-order valence-electron chi connectivity index (χ1n) is 9.53. The van der Waals surface area contributed by atoms with Crippen molar-refractivity contribution in [2.45, 2.75) is 51.2 Å². The molecule has 1 saturated carbocycles. The third kappa shape index (κ3) is 4.00. The smallest absolute Gasteiger partial charge is 0.326 e. The van der Waals surface area contributed by atoms with Crippen LogP contribution in [0.1, 0.15) is 54.9 Å². The second-order valence-corrected chi connectivity index (χ2v) is 7.48. The van der Waals surface area contributed by atoms with Crippen LogP contribution >= 0.6 is 0 Å². The van der Waals surface area contributed by atoms with Gasteiger partial charge in [-0.15, -0.1) is 0 Å². The summed E-state index contributed by atoms with van der Waals surface area (Å²) in [5.41, 5.74) is 5.34. The quantitative estimate of drug-likeness (QED) is 0.569. The number of primary amides is 1. The molecular formula is C20H25N3O5. The second kappa shape index (κ2) is 8.00. The fraction of sp³-hybridized carbons (Fsp3) is 0.500. The van der Waals surface area contributed by atoms with Gasteiger partial charge in [0.25, 0.3) is 5.91 Å². The summed E-state index contributed by atoms with van der Waals surface area (Å²) in [5.74, 6) is -0.962. The van der Waals surface area contributed by atoms with Crippen molar-refractivity contribution in [3.63, 3.8) is 0 Å². The molecule has 8 nitrogen and oxygen atoms in total. The van der Waals surface area contributed by atoms with E-state index in [1.54, 1.807) is 24.3 Å². The van der Waals surface area contributed by atoms with Gasteiger partial charge < -0.3 is 15.8 Å². The summed E-state index contributed by atoms with van der Waals surface area (Å²) in [5, 5.41) is 2.80. The van der Waals surface area contributed by atoms with Crippen molar-refractivity contribution in [3.8, 4) is 0 Å². The number of carbonyl (C=O) groups is 4. The summed E-state index contributed by atoms with van der Waals surface area (Å²) in [6, 6.07) is 5.80. The molecule has 28 heavy (non-hydrogen) atoms. The minimum absolute atomic E-state index is 0.0230. The molecule has 3 N–H and O–H groups in total. The van der Waals surface area contributed by atoms with E-state index < -0.39 is 30.0 Å². The molecule has 0 unspecified atom stereocenters. The van der Waals surface area contributed by atoms with E-state index in [0.29, 0.717) is 29.9 Å². The number of carbonyl (C=O) groups excluding carboxylic acids is 4. The van der Waals surface area contributed by atoms with E-state index >= 15 is 0 Å². The lowest BCUT2D eigenvalue weighted by Crippen LogP contribution is -2.49. The maximum Gasteiger partial charge on any atom is 0.326 e. The number of nitrogens with zero attached hydrogens (tertiary/aromatic N) is 1. The SMILES string of the molecule is CCC1CCC2(CC1)NC(=O)N(CC(=O)OCc1ccc(C(N)=O)cc1)C2=O. The predicted molar refractivity (Wildman–Crippen MR) is 100.0 cm³/mol. The molecule has 2 fully saturated rings. The molecule has 0 bridgehead atoms. The monoisotopic (exact) mass is 387 g/mol. The summed E-state index contributed by atoms with van der Waals surface area (Å²) in [6.45, 7) is 1.69. The van der Waals surface area contributed by atoms with Crippen LogP contribution in [0.4, 0.5) is 4.79 Å². The van der Waals surface area contributed by atoms with Gasteiger partial charge in [0.15, 0.2) is 0 Å². The molecule has 1 aliphatic heterocycles. The molecule has 1 heterocycles. The summed E-state index contributed by atoms with van der Waals surface area (Å²) >= 11 is 0. The molecular weight excluding hydrogens is 362 g/mol. The van der Waals surface area contributed by atoms with Crippen LogP contribution in [0.25, 0.3) is 0 Å². The van der Waals surface area contributed by atoms with Crippen molar-refractivity contribution in [1.29, 1.82) is 0 Å². The van der Waals surface area contributed by atoms with E-state index in [1.807, 2.05) is 0 Å².